The monoisotopic (exact) mass is 1190 g/mol. The van der Waals surface area contributed by atoms with Gasteiger partial charge in [0.25, 0.3) is 0 Å². The highest BCUT2D eigenvalue weighted by molar-refractivity contribution is 5.77. The standard InChI is InChI=1S/C14H28O.C13H26O.C12H24O.C11H22O.C10H20O.C9H18O.C8H16O/c1-3-4-5-6-7-8-9-10-11-12-13-14(2)15;1-3-4-5-6-7-8-9-10-11-12-13(2)14;1-3-4-5-6-7-8-9-10-11-12(2)13;1-3-4-5-6-7-8-9-10-11(2)12;1-3-4-5-6-7-8-9-10(2)11;1-3-4-5-6-7-8-9(2)10;1-3-4-5-6-7-8(2)9/h3-13H2,1-2H3;3-12H2,1-2H3;3-11H2,1-2H3;3-10H2,1-2H3;3-9H2,1-2H3;3-8H2,1-2H3;3-7H2,1-2H3. The summed E-state index contributed by atoms with van der Waals surface area (Å²) >= 11 is 0. The van der Waals surface area contributed by atoms with Gasteiger partial charge in [-0.3, -0.25) is 0 Å². The summed E-state index contributed by atoms with van der Waals surface area (Å²) in [5, 5.41) is 0. The smallest absolute Gasteiger partial charge is 0.129 e. The molecule has 0 unspecified atom stereocenters. The van der Waals surface area contributed by atoms with Gasteiger partial charge in [0.1, 0.15) is 40.5 Å². The molecular weight excluding hydrogens is 1040 g/mol. The van der Waals surface area contributed by atoms with Gasteiger partial charge in [-0.2, -0.15) is 0 Å². The molecule has 7 heteroatoms. The molecule has 0 radical (unpaired) electrons. The first-order chi connectivity index (χ1) is 40.4. The second kappa shape index (κ2) is 91.9. The molecule has 7 nitrogen and oxygen atoms in total. The lowest BCUT2D eigenvalue weighted by molar-refractivity contribution is -0.117. The zero-order valence-corrected chi connectivity index (χ0v) is 60.0. The number of ketones is 7. The van der Waals surface area contributed by atoms with Crippen LogP contribution in [0.3, 0.4) is 0 Å². The van der Waals surface area contributed by atoms with Crippen LogP contribution in [-0.2, 0) is 33.6 Å². The molecule has 0 saturated carbocycles. The molecule has 84 heavy (non-hydrogen) atoms. The summed E-state index contributed by atoms with van der Waals surface area (Å²) in [7, 11) is 0. The van der Waals surface area contributed by atoms with Crippen LogP contribution in [0, 0.1) is 0 Å². The molecule has 0 aromatic heterocycles. The van der Waals surface area contributed by atoms with Crippen LogP contribution in [0.4, 0.5) is 0 Å². The second-order valence-electron chi connectivity index (χ2n) is 25.0. The number of carbonyl (C=O) groups excluding carboxylic acids is 7. The molecule has 0 amide bonds. The van der Waals surface area contributed by atoms with Crippen molar-refractivity contribution in [3.63, 3.8) is 0 Å². The predicted molar refractivity (Wildman–Crippen MR) is 373 cm³/mol. The van der Waals surface area contributed by atoms with Crippen molar-refractivity contribution >= 4 is 40.5 Å². The molecule has 0 aromatic rings. The van der Waals surface area contributed by atoms with E-state index in [1.54, 1.807) is 48.5 Å². The lowest BCUT2D eigenvalue weighted by Gasteiger charge is -2.01. The minimum atomic E-state index is 0.325. The van der Waals surface area contributed by atoms with E-state index in [1.165, 1.54) is 270 Å². The van der Waals surface area contributed by atoms with Crippen LogP contribution < -0.4 is 0 Å². The van der Waals surface area contributed by atoms with E-state index < -0.39 is 0 Å². The number of carbonyl (C=O) groups is 7. The van der Waals surface area contributed by atoms with Crippen LogP contribution >= 0.6 is 0 Å². The van der Waals surface area contributed by atoms with Gasteiger partial charge in [-0.25, -0.2) is 0 Å². The third-order valence-electron chi connectivity index (χ3n) is 14.9. The van der Waals surface area contributed by atoms with E-state index in [0.29, 0.717) is 40.5 Å². The average Bonchev–Trinajstić information content (AvgIpc) is 3.44. The van der Waals surface area contributed by atoms with Crippen LogP contribution in [0.1, 0.15) is 456 Å². The Hall–Kier alpha value is -2.31. The van der Waals surface area contributed by atoms with E-state index >= 15 is 0 Å². The maximum Gasteiger partial charge on any atom is 0.129 e. The topological polar surface area (TPSA) is 119 Å². The Morgan fingerprint density at radius 1 is 0.131 bits per heavy atom. The molecule has 0 spiro atoms. The minimum absolute atomic E-state index is 0.325. The molecule has 0 aromatic carbocycles. The predicted octanol–water partition coefficient (Wildman–Crippen LogP) is 26.0. The summed E-state index contributed by atoms with van der Waals surface area (Å²) in [6.07, 6.45) is 69.1. The van der Waals surface area contributed by atoms with E-state index in [1.807, 2.05) is 0 Å². The molecule has 0 saturated heterocycles. The SMILES string of the molecule is CCCCCCC(C)=O.CCCCCCCC(C)=O.CCCCCCCCC(C)=O.CCCCCCCCCC(C)=O.CCCCCCCCCCC(C)=O.CCCCCCCCCCCC(C)=O.CCCCCCCCCCCCC(C)=O. The van der Waals surface area contributed by atoms with Crippen LogP contribution in [0.25, 0.3) is 0 Å². The highest BCUT2D eigenvalue weighted by Gasteiger charge is 1.99. The molecule has 0 bridgehead atoms. The molecule has 0 fully saturated rings. The van der Waals surface area contributed by atoms with Crippen molar-refractivity contribution in [2.24, 2.45) is 0 Å². The third-order valence-corrected chi connectivity index (χ3v) is 14.9. The fourth-order valence-corrected chi connectivity index (χ4v) is 9.32. The Morgan fingerprint density at radius 3 is 0.286 bits per heavy atom. The summed E-state index contributed by atoms with van der Waals surface area (Å²) in [5.41, 5.74) is 0. The van der Waals surface area contributed by atoms with Crippen molar-refractivity contribution < 1.29 is 33.6 Å². The maximum absolute atomic E-state index is 10.7. The lowest BCUT2D eigenvalue weighted by Crippen LogP contribution is -1.89. The van der Waals surface area contributed by atoms with Crippen molar-refractivity contribution in [3.05, 3.63) is 0 Å². The zero-order chi connectivity index (χ0) is 64.6. The summed E-state index contributed by atoms with van der Waals surface area (Å²) in [6, 6.07) is 0. The van der Waals surface area contributed by atoms with E-state index in [9.17, 15) is 33.6 Å². The van der Waals surface area contributed by atoms with Crippen molar-refractivity contribution in [1.82, 2.24) is 0 Å². The largest absolute Gasteiger partial charge is 0.300 e. The van der Waals surface area contributed by atoms with E-state index in [-0.39, 0.29) is 0 Å². The van der Waals surface area contributed by atoms with E-state index in [0.717, 1.165) is 89.9 Å². The molecule has 0 aliphatic heterocycles. The molecule has 0 rings (SSSR count). The Bertz CT molecular complexity index is 1300. The van der Waals surface area contributed by atoms with Gasteiger partial charge in [0.15, 0.2) is 0 Å². The van der Waals surface area contributed by atoms with E-state index in [4.69, 9.17) is 0 Å². The Morgan fingerprint density at radius 2 is 0.202 bits per heavy atom. The Labute approximate surface area is 528 Å². The minimum Gasteiger partial charge on any atom is -0.300 e. The van der Waals surface area contributed by atoms with Crippen LogP contribution in [0.15, 0.2) is 0 Å². The third kappa shape index (κ3) is 134. The average molecular weight is 1190 g/mol. The first-order valence-corrected chi connectivity index (χ1v) is 36.9. The molecule has 0 aliphatic rings. The highest BCUT2D eigenvalue weighted by Crippen LogP contribution is 2.14. The van der Waals surface area contributed by atoms with Crippen molar-refractivity contribution in [2.75, 3.05) is 0 Å². The van der Waals surface area contributed by atoms with Crippen molar-refractivity contribution in [2.45, 2.75) is 456 Å². The number of hydrogen-bond donors (Lipinski definition) is 0. The number of rotatable bonds is 56. The molecule has 0 aliphatic carbocycles. The summed E-state index contributed by atoms with van der Waals surface area (Å²) < 4.78 is 0. The summed E-state index contributed by atoms with van der Waals surface area (Å²) in [6.45, 7) is 27.3. The molecule has 504 valence electrons. The van der Waals surface area contributed by atoms with Gasteiger partial charge in [0.05, 0.1) is 0 Å². The Kier molecular flexibility index (Phi) is 104. The summed E-state index contributed by atoms with van der Waals surface area (Å²) in [5.74, 6) is 2.35. The fraction of sp³-hybridized carbons (Fsp3) is 0.909. The number of hydrogen-bond acceptors (Lipinski definition) is 7. The molecule has 0 N–H and O–H groups in total. The van der Waals surface area contributed by atoms with Crippen LogP contribution in [0.5, 0.6) is 0 Å². The Balaban J connectivity index is -0.000000166. The first kappa shape index (κ1) is 95.3. The molecule has 0 heterocycles. The molecular formula is C77H154O7. The normalized spacial score (nSPS) is 10.2. The number of unbranched alkanes of at least 4 members (excludes halogenated alkanes) is 42. The van der Waals surface area contributed by atoms with Crippen molar-refractivity contribution in [1.29, 1.82) is 0 Å². The first-order valence-electron chi connectivity index (χ1n) is 36.9. The quantitative estimate of drug-likeness (QED) is 0.0556. The second-order valence-corrected chi connectivity index (χ2v) is 25.0. The van der Waals surface area contributed by atoms with E-state index in [2.05, 4.69) is 48.5 Å². The van der Waals surface area contributed by atoms with Gasteiger partial charge in [-0.05, 0) is 93.4 Å². The lowest BCUT2D eigenvalue weighted by atomic mass is 10.1. The highest BCUT2D eigenvalue weighted by atomic mass is 16.1. The molecule has 0 atom stereocenters. The van der Waals surface area contributed by atoms with Gasteiger partial charge in [0, 0.05) is 44.9 Å². The van der Waals surface area contributed by atoms with Gasteiger partial charge in [-0.15, -0.1) is 0 Å². The zero-order valence-electron chi connectivity index (χ0n) is 60.0. The van der Waals surface area contributed by atoms with Gasteiger partial charge < -0.3 is 33.6 Å². The number of Topliss-reactive ketones (excluding diaryl/α,β-unsaturated/α-hetero) is 7. The van der Waals surface area contributed by atoms with Crippen LogP contribution in [0.2, 0.25) is 0 Å². The van der Waals surface area contributed by atoms with Crippen molar-refractivity contribution in [3.8, 4) is 0 Å². The fourth-order valence-electron chi connectivity index (χ4n) is 9.32. The van der Waals surface area contributed by atoms with Gasteiger partial charge in [0.2, 0.25) is 0 Å². The van der Waals surface area contributed by atoms with Gasteiger partial charge >= 0.3 is 0 Å². The summed E-state index contributed by atoms with van der Waals surface area (Å²) in [4.78, 5) is 73.9. The van der Waals surface area contributed by atoms with Crippen LogP contribution in [-0.4, -0.2) is 40.5 Å². The maximum atomic E-state index is 10.7. The van der Waals surface area contributed by atoms with Gasteiger partial charge in [-0.1, -0.05) is 318 Å².